The van der Waals surface area contributed by atoms with Gasteiger partial charge in [0.25, 0.3) is 5.91 Å². The largest absolute Gasteiger partial charge is 0.398 e. The van der Waals surface area contributed by atoms with Gasteiger partial charge in [0.2, 0.25) is 0 Å². The number of halogens is 1. The van der Waals surface area contributed by atoms with Crippen molar-refractivity contribution in [2.24, 2.45) is 0 Å². The van der Waals surface area contributed by atoms with E-state index in [0.29, 0.717) is 23.7 Å². The first-order valence-corrected chi connectivity index (χ1v) is 6.94. The Bertz CT molecular complexity index is 669. The molecule has 0 atom stereocenters. The highest BCUT2D eigenvalue weighted by Crippen LogP contribution is 2.26. The molecule has 1 aliphatic rings. The molecular formula is C16H15ClN2O. The first-order chi connectivity index (χ1) is 9.66. The van der Waals surface area contributed by atoms with Crippen LogP contribution < -0.4 is 5.73 Å². The summed E-state index contributed by atoms with van der Waals surface area (Å²) in [6, 6.07) is 13.1. The molecule has 0 radical (unpaired) electrons. The molecule has 1 amide bonds. The van der Waals surface area contributed by atoms with Crippen LogP contribution in [0.5, 0.6) is 0 Å². The number of benzene rings is 2. The molecule has 0 fully saturated rings. The van der Waals surface area contributed by atoms with Crippen molar-refractivity contribution in [3.63, 3.8) is 0 Å². The number of carbonyl (C=O) groups excluding carboxylic acids is 1. The maximum Gasteiger partial charge on any atom is 0.255 e. The van der Waals surface area contributed by atoms with Gasteiger partial charge in [0.1, 0.15) is 0 Å². The van der Waals surface area contributed by atoms with Crippen molar-refractivity contribution in [2.45, 2.75) is 13.0 Å². The SMILES string of the molecule is Nc1cccc2c1CN(C(=O)c1ccccc1Cl)CC2. The molecule has 1 aliphatic heterocycles. The van der Waals surface area contributed by atoms with Crippen molar-refractivity contribution in [1.29, 1.82) is 0 Å². The predicted molar refractivity (Wildman–Crippen MR) is 80.8 cm³/mol. The van der Waals surface area contributed by atoms with Crippen LogP contribution in [0.15, 0.2) is 42.5 Å². The first-order valence-electron chi connectivity index (χ1n) is 6.57. The van der Waals surface area contributed by atoms with E-state index in [1.807, 2.05) is 24.3 Å². The van der Waals surface area contributed by atoms with Crippen molar-refractivity contribution < 1.29 is 4.79 Å². The molecule has 102 valence electrons. The van der Waals surface area contributed by atoms with Gasteiger partial charge in [-0.1, -0.05) is 35.9 Å². The van der Waals surface area contributed by atoms with Gasteiger partial charge in [0.15, 0.2) is 0 Å². The molecule has 3 rings (SSSR count). The second-order valence-corrected chi connectivity index (χ2v) is 5.35. The highest BCUT2D eigenvalue weighted by atomic mass is 35.5. The summed E-state index contributed by atoms with van der Waals surface area (Å²) in [5.74, 6) is -0.0375. The lowest BCUT2D eigenvalue weighted by molar-refractivity contribution is 0.0735. The Balaban J connectivity index is 1.89. The Morgan fingerprint density at radius 2 is 1.95 bits per heavy atom. The summed E-state index contributed by atoms with van der Waals surface area (Å²) >= 11 is 6.10. The molecule has 20 heavy (non-hydrogen) atoms. The fourth-order valence-electron chi connectivity index (χ4n) is 2.59. The summed E-state index contributed by atoms with van der Waals surface area (Å²) < 4.78 is 0. The van der Waals surface area contributed by atoms with Crippen LogP contribution in [-0.2, 0) is 13.0 Å². The van der Waals surface area contributed by atoms with Crippen LogP contribution >= 0.6 is 11.6 Å². The number of nitrogens with two attached hydrogens (primary N) is 1. The Kier molecular flexibility index (Phi) is 3.36. The molecule has 4 heteroatoms. The van der Waals surface area contributed by atoms with E-state index < -0.39 is 0 Å². The maximum absolute atomic E-state index is 12.5. The highest BCUT2D eigenvalue weighted by molar-refractivity contribution is 6.33. The third kappa shape index (κ3) is 2.25. The zero-order valence-electron chi connectivity index (χ0n) is 11.0. The summed E-state index contributed by atoms with van der Waals surface area (Å²) in [5, 5.41) is 0.490. The van der Waals surface area contributed by atoms with E-state index in [1.165, 1.54) is 5.56 Å². The van der Waals surface area contributed by atoms with Crippen LogP contribution in [0.25, 0.3) is 0 Å². The predicted octanol–water partition coefficient (Wildman–Crippen LogP) is 3.12. The van der Waals surface area contributed by atoms with Crippen molar-refractivity contribution in [2.75, 3.05) is 12.3 Å². The van der Waals surface area contributed by atoms with Gasteiger partial charge in [0.05, 0.1) is 10.6 Å². The molecule has 2 aromatic rings. The average Bonchev–Trinajstić information content (AvgIpc) is 2.47. The van der Waals surface area contributed by atoms with Gasteiger partial charge in [-0.25, -0.2) is 0 Å². The van der Waals surface area contributed by atoms with Crippen molar-refractivity contribution in [1.82, 2.24) is 4.90 Å². The lowest BCUT2D eigenvalue weighted by atomic mass is 9.97. The topological polar surface area (TPSA) is 46.3 Å². The fraction of sp³-hybridized carbons (Fsp3) is 0.188. The average molecular weight is 287 g/mol. The number of amides is 1. The summed E-state index contributed by atoms with van der Waals surface area (Å²) in [4.78, 5) is 14.3. The molecule has 0 aromatic heterocycles. The zero-order chi connectivity index (χ0) is 14.1. The second kappa shape index (κ2) is 5.17. The number of anilines is 1. The van der Waals surface area contributed by atoms with E-state index in [-0.39, 0.29) is 5.91 Å². The van der Waals surface area contributed by atoms with Crippen molar-refractivity contribution in [3.05, 3.63) is 64.2 Å². The summed E-state index contributed by atoms with van der Waals surface area (Å²) in [5.41, 5.74) is 9.59. The smallest absolute Gasteiger partial charge is 0.255 e. The van der Waals surface area contributed by atoms with Gasteiger partial charge in [0, 0.05) is 18.8 Å². The van der Waals surface area contributed by atoms with Gasteiger partial charge in [-0.05, 0) is 35.7 Å². The first kappa shape index (κ1) is 13.0. The molecule has 0 aliphatic carbocycles. The highest BCUT2D eigenvalue weighted by Gasteiger charge is 2.24. The molecule has 0 saturated carbocycles. The maximum atomic E-state index is 12.5. The van der Waals surface area contributed by atoms with Gasteiger partial charge in [-0.2, -0.15) is 0 Å². The lowest BCUT2D eigenvalue weighted by Crippen LogP contribution is -2.36. The summed E-state index contributed by atoms with van der Waals surface area (Å²) in [7, 11) is 0. The molecular weight excluding hydrogens is 272 g/mol. The molecule has 0 unspecified atom stereocenters. The minimum atomic E-state index is -0.0375. The van der Waals surface area contributed by atoms with E-state index in [4.69, 9.17) is 17.3 Å². The van der Waals surface area contributed by atoms with E-state index >= 15 is 0 Å². The van der Waals surface area contributed by atoms with Gasteiger partial charge < -0.3 is 10.6 Å². The number of carbonyl (C=O) groups is 1. The monoisotopic (exact) mass is 286 g/mol. The zero-order valence-corrected chi connectivity index (χ0v) is 11.7. The van der Waals surface area contributed by atoms with E-state index in [2.05, 4.69) is 6.07 Å². The quantitative estimate of drug-likeness (QED) is 0.819. The fourth-order valence-corrected chi connectivity index (χ4v) is 2.80. The number of nitrogen functional groups attached to an aromatic ring is 1. The van der Waals surface area contributed by atoms with Crippen LogP contribution in [0.3, 0.4) is 0 Å². The minimum Gasteiger partial charge on any atom is -0.398 e. The lowest BCUT2D eigenvalue weighted by Gasteiger charge is -2.30. The molecule has 0 spiro atoms. The van der Waals surface area contributed by atoms with Gasteiger partial charge >= 0.3 is 0 Å². The molecule has 2 N–H and O–H groups in total. The van der Waals surface area contributed by atoms with E-state index in [0.717, 1.165) is 17.7 Å². The Labute approximate surface area is 123 Å². The third-order valence-corrected chi connectivity index (χ3v) is 4.03. The minimum absolute atomic E-state index is 0.0375. The number of hydrogen-bond acceptors (Lipinski definition) is 2. The summed E-state index contributed by atoms with van der Waals surface area (Å²) in [6.45, 7) is 1.24. The Morgan fingerprint density at radius 1 is 1.15 bits per heavy atom. The van der Waals surface area contributed by atoms with Crippen LogP contribution in [-0.4, -0.2) is 17.4 Å². The van der Waals surface area contributed by atoms with E-state index in [9.17, 15) is 4.79 Å². The molecule has 2 aromatic carbocycles. The standard InChI is InChI=1S/C16H15ClN2O/c17-14-6-2-1-5-12(14)16(20)19-9-8-11-4-3-7-15(18)13(11)10-19/h1-7H,8-10,18H2. The van der Waals surface area contributed by atoms with Crippen molar-refractivity contribution in [3.8, 4) is 0 Å². The van der Waals surface area contributed by atoms with Crippen LogP contribution in [0, 0.1) is 0 Å². The third-order valence-electron chi connectivity index (χ3n) is 3.70. The number of nitrogens with zero attached hydrogens (tertiary/aromatic N) is 1. The van der Waals surface area contributed by atoms with Gasteiger partial charge in [-0.15, -0.1) is 0 Å². The normalized spacial score (nSPS) is 13.9. The Hall–Kier alpha value is -2.00. The Morgan fingerprint density at radius 3 is 2.75 bits per heavy atom. The number of rotatable bonds is 1. The van der Waals surface area contributed by atoms with Gasteiger partial charge in [-0.3, -0.25) is 4.79 Å². The molecule has 0 saturated heterocycles. The molecule has 0 bridgehead atoms. The second-order valence-electron chi connectivity index (χ2n) is 4.94. The number of hydrogen-bond donors (Lipinski definition) is 1. The van der Waals surface area contributed by atoms with Crippen molar-refractivity contribution >= 4 is 23.2 Å². The number of fused-ring (bicyclic) bond motifs is 1. The summed E-state index contributed by atoms with van der Waals surface area (Å²) in [6.07, 6.45) is 0.830. The van der Waals surface area contributed by atoms with Crippen LogP contribution in [0.1, 0.15) is 21.5 Å². The van der Waals surface area contributed by atoms with E-state index in [1.54, 1.807) is 17.0 Å². The molecule has 3 nitrogen and oxygen atoms in total. The van der Waals surface area contributed by atoms with Crippen LogP contribution in [0.4, 0.5) is 5.69 Å². The van der Waals surface area contributed by atoms with Crippen LogP contribution in [0.2, 0.25) is 5.02 Å². The molecule has 1 heterocycles.